The van der Waals surface area contributed by atoms with Gasteiger partial charge in [0.1, 0.15) is 0 Å². The molecule has 80 valence electrons. The van der Waals surface area contributed by atoms with Crippen LogP contribution in [0.15, 0.2) is 0 Å². The van der Waals surface area contributed by atoms with Crippen LogP contribution in [0.1, 0.15) is 0 Å². The first-order valence-corrected chi connectivity index (χ1v) is 3.26. The van der Waals surface area contributed by atoms with Crippen LogP contribution < -0.4 is 0 Å². The summed E-state index contributed by atoms with van der Waals surface area (Å²) in [5, 5.41) is 29.8. The van der Waals surface area contributed by atoms with E-state index < -0.39 is 0 Å². The summed E-state index contributed by atoms with van der Waals surface area (Å²) in [6.45, 7) is 12.2. The maximum absolute atomic E-state index is 7.46. The van der Waals surface area contributed by atoms with Gasteiger partial charge in [-0.1, -0.05) is 26.4 Å². The smallest absolute Gasteiger partial charge is 0.428 e. The first kappa shape index (κ1) is 29.2. The minimum absolute atomic E-state index is 0. The molecule has 0 radical (unpaired) electrons. The molecule has 0 fully saturated rings. The van der Waals surface area contributed by atoms with Crippen molar-refractivity contribution in [3.63, 3.8) is 0 Å². The van der Waals surface area contributed by atoms with Crippen molar-refractivity contribution in [1.82, 2.24) is 0 Å². The molecule has 0 atom stereocenters. The quantitative estimate of drug-likeness (QED) is 0.339. The van der Waals surface area contributed by atoms with Gasteiger partial charge in [-0.15, -0.1) is 0 Å². The van der Waals surface area contributed by atoms with E-state index in [4.69, 9.17) is 20.4 Å². The van der Waals surface area contributed by atoms with Crippen molar-refractivity contribution < 1.29 is 46.3 Å². The summed E-state index contributed by atoms with van der Waals surface area (Å²) in [6.07, 6.45) is 0. The molecule has 0 aliphatic heterocycles. The summed E-state index contributed by atoms with van der Waals surface area (Å²) in [7, 11) is 0. The van der Waals surface area contributed by atoms with E-state index in [0.29, 0.717) is 0 Å². The molecule has 0 aliphatic rings. The zero-order chi connectivity index (χ0) is 10.8. The number of rotatable bonds is 0. The summed E-state index contributed by atoms with van der Waals surface area (Å²) in [5.74, 6) is 0. The van der Waals surface area contributed by atoms with Gasteiger partial charge in [0.05, 0.1) is 0 Å². The average Bonchev–Trinajstić information content (AvgIpc) is 1.92. The molecular weight excluding hydrogens is 339 g/mol. The Morgan fingerprint density at radius 2 is 0.538 bits per heavy atom. The first-order chi connectivity index (χ1) is 5.66. The van der Waals surface area contributed by atoms with Gasteiger partial charge in [-0.05, 0) is 0 Å². The van der Waals surface area contributed by atoms with Gasteiger partial charge in [0.2, 0.25) is 0 Å². The van der Waals surface area contributed by atoms with Crippen LogP contribution in [0, 0.1) is 27.7 Å². The van der Waals surface area contributed by atoms with E-state index in [-0.39, 0.29) is 52.3 Å². The summed E-state index contributed by atoms with van der Waals surface area (Å²) in [5.41, 5.74) is 0. The van der Waals surface area contributed by atoms with Crippen LogP contribution in [0.25, 0.3) is 0 Å². The second kappa shape index (κ2) is 78.6. The molecule has 0 amide bonds. The molecular formula is C8H20HfO4. The molecule has 0 aliphatic carbocycles. The molecule has 4 nitrogen and oxygen atoms in total. The molecule has 0 bridgehead atoms. The maximum atomic E-state index is 7.46. The molecule has 0 saturated heterocycles. The van der Waals surface area contributed by atoms with Gasteiger partial charge in [-0.25, -0.2) is 0 Å². The van der Waals surface area contributed by atoms with Crippen LogP contribution in [-0.4, -0.2) is 46.9 Å². The zero-order valence-electron chi connectivity index (χ0n) is 7.95. The molecule has 0 aromatic heterocycles. The topological polar surface area (TPSA) is 80.9 Å². The summed E-state index contributed by atoms with van der Waals surface area (Å²) >= 11 is 0. The maximum Gasteiger partial charge on any atom is 4.00 e. The molecule has 5 heteroatoms. The van der Waals surface area contributed by atoms with E-state index in [2.05, 4.69) is 27.7 Å². The Balaban J connectivity index is -0.0000000213. The molecule has 0 aromatic carbocycles. The van der Waals surface area contributed by atoms with E-state index >= 15 is 0 Å². The Morgan fingerprint density at radius 3 is 0.538 bits per heavy atom. The van der Waals surface area contributed by atoms with Gasteiger partial charge in [0, 0.05) is 0 Å². The summed E-state index contributed by atoms with van der Waals surface area (Å²) in [6, 6.07) is 0. The monoisotopic (exact) mass is 360 g/mol. The minimum atomic E-state index is 0. The molecule has 0 saturated carbocycles. The molecule has 4 N–H and O–H groups in total. The normalized spacial score (nSPS) is 5.54. The average molecular weight is 359 g/mol. The van der Waals surface area contributed by atoms with E-state index in [1.54, 1.807) is 0 Å². The number of hydrogen-bond donors (Lipinski definition) is 4. The molecule has 0 rings (SSSR count). The predicted octanol–water partition coefficient (Wildman–Crippen LogP) is -0.751. The fourth-order valence-electron chi connectivity index (χ4n) is 0. The van der Waals surface area contributed by atoms with Crippen molar-refractivity contribution in [2.24, 2.45) is 0 Å². The van der Waals surface area contributed by atoms with Crippen LogP contribution >= 0.6 is 0 Å². The first-order valence-electron chi connectivity index (χ1n) is 3.26. The van der Waals surface area contributed by atoms with E-state index in [9.17, 15) is 0 Å². The SMILES string of the molecule is [CH2-]CO.[CH2-]CO.[CH2-]CO.[CH2-]CO.[Hf+4]. The number of aliphatic hydroxyl groups excluding tert-OH is 4. The third-order valence-electron chi connectivity index (χ3n) is 0. The molecule has 13 heavy (non-hydrogen) atoms. The van der Waals surface area contributed by atoms with Crippen molar-refractivity contribution in [3.05, 3.63) is 27.7 Å². The Hall–Kier alpha value is 0.710. The zero-order valence-corrected chi connectivity index (χ0v) is 11.5. The Bertz CT molecular complexity index is 24.1. The number of aliphatic hydroxyl groups is 4. The minimum Gasteiger partial charge on any atom is -0.428 e. The van der Waals surface area contributed by atoms with Crippen LogP contribution in [-0.2, 0) is 25.8 Å². The Kier molecular flexibility index (Phi) is 176. The fraction of sp³-hybridized carbons (Fsp3) is 0.500. The fourth-order valence-corrected chi connectivity index (χ4v) is 0. The van der Waals surface area contributed by atoms with Gasteiger partial charge < -0.3 is 48.1 Å². The van der Waals surface area contributed by atoms with Crippen molar-refractivity contribution in [2.75, 3.05) is 26.4 Å². The standard InChI is InChI=1S/4C2H5O.Hf/c4*1-2-3;/h4*3H,1-2H2;/q4*-1;+4. The summed E-state index contributed by atoms with van der Waals surface area (Å²) in [4.78, 5) is 0. The van der Waals surface area contributed by atoms with E-state index in [1.165, 1.54) is 0 Å². The van der Waals surface area contributed by atoms with Gasteiger partial charge >= 0.3 is 25.8 Å². The molecule has 0 aromatic rings. The van der Waals surface area contributed by atoms with Gasteiger partial charge in [0.15, 0.2) is 0 Å². The third kappa shape index (κ3) is 2890. The van der Waals surface area contributed by atoms with Crippen molar-refractivity contribution in [1.29, 1.82) is 0 Å². The predicted molar refractivity (Wildman–Crippen MR) is 49.8 cm³/mol. The Morgan fingerprint density at radius 1 is 0.538 bits per heavy atom. The van der Waals surface area contributed by atoms with Crippen molar-refractivity contribution in [2.45, 2.75) is 0 Å². The molecule has 0 spiro atoms. The number of hydrogen-bond acceptors (Lipinski definition) is 4. The van der Waals surface area contributed by atoms with Gasteiger partial charge in [0.25, 0.3) is 0 Å². The second-order valence-corrected chi connectivity index (χ2v) is 0.894. The van der Waals surface area contributed by atoms with Gasteiger partial charge in [-0.2, -0.15) is 0 Å². The molecule has 0 heterocycles. The second-order valence-electron chi connectivity index (χ2n) is 0.894. The largest absolute Gasteiger partial charge is 4.00 e. The Labute approximate surface area is 100 Å². The van der Waals surface area contributed by atoms with Crippen LogP contribution in [0.2, 0.25) is 0 Å². The van der Waals surface area contributed by atoms with Gasteiger partial charge in [-0.3, -0.25) is 0 Å². The summed E-state index contributed by atoms with van der Waals surface area (Å²) < 4.78 is 0. The van der Waals surface area contributed by atoms with Crippen LogP contribution in [0.4, 0.5) is 0 Å². The van der Waals surface area contributed by atoms with Crippen molar-refractivity contribution >= 4 is 0 Å². The van der Waals surface area contributed by atoms with E-state index in [1.807, 2.05) is 0 Å². The van der Waals surface area contributed by atoms with E-state index in [0.717, 1.165) is 0 Å². The van der Waals surface area contributed by atoms with Crippen LogP contribution in [0.5, 0.6) is 0 Å². The third-order valence-corrected chi connectivity index (χ3v) is 0. The van der Waals surface area contributed by atoms with Crippen molar-refractivity contribution in [3.8, 4) is 0 Å². The van der Waals surface area contributed by atoms with Crippen LogP contribution in [0.3, 0.4) is 0 Å². The molecule has 0 unspecified atom stereocenters.